The predicted octanol–water partition coefficient (Wildman–Crippen LogP) is 4.47. The second-order valence-corrected chi connectivity index (χ2v) is 7.33. The van der Waals surface area contributed by atoms with E-state index in [9.17, 15) is 0 Å². The monoisotopic (exact) mass is 422 g/mol. The van der Waals surface area contributed by atoms with Crippen LogP contribution in [0.5, 0.6) is 0 Å². The first kappa shape index (κ1) is 18.3. The number of pyridine rings is 4. The van der Waals surface area contributed by atoms with E-state index >= 15 is 4.39 Å². The summed E-state index contributed by atoms with van der Waals surface area (Å²) in [6.45, 7) is 1.89. The van der Waals surface area contributed by atoms with Crippen LogP contribution in [0.25, 0.3) is 56.1 Å². The molecule has 0 aliphatic carbocycles. The number of imidazole rings is 1. The van der Waals surface area contributed by atoms with Crippen LogP contribution in [0.2, 0.25) is 0 Å². The molecular weight excluding hydrogens is 407 g/mol. The molecule has 0 fully saturated rings. The van der Waals surface area contributed by atoms with Crippen molar-refractivity contribution < 1.29 is 4.39 Å². The molecule has 2 N–H and O–H groups in total. The van der Waals surface area contributed by atoms with Crippen LogP contribution in [0, 0.1) is 12.7 Å². The number of aromatic nitrogens is 8. The first-order chi connectivity index (χ1) is 15.7. The van der Waals surface area contributed by atoms with E-state index in [1.54, 1.807) is 31.0 Å². The van der Waals surface area contributed by atoms with Gasteiger partial charge in [0.25, 0.3) is 0 Å². The molecule has 0 saturated heterocycles. The fourth-order valence-corrected chi connectivity index (χ4v) is 3.78. The molecular formula is C23H15FN8. The average molecular weight is 422 g/mol. The molecule has 6 aromatic rings. The van der Waals surface area contributed by atoms with Gasteiger partial charge < -0.3 is 4.98 Å². The summed E-state index contributed by atoms with van der Waals surface area (Å²) in [5.74, 6) is -0.0544. The predicted molar refractivity (Wildman–Crippen MR) is 118 cm³/mol. The molecule has 0 saturated carbocycles. The van der Waals surface area contributed by atoms with E-state index in [-0.39, 0.29) is 5.69 Å². The summed E-state index contributed by atoms with van der Waals surface area (Å²) in [4.78, 5) is 25.2. The number of aromatic amines is 2. The number of fused-ring (bicyclic) bond motifs is 2. The highest BCUT2D eigenvalue weighted by Crippen LogP contribution is 2.34. The SMILES string of the molecule is Cc1ccncc1-c1ncc2[nH]nc(-c3nc4c(-c5ccccn5)nccc4[nH]3)c2c1F. The van der Waals surface area contributed by atoms with Gasteiger partial charge in [-0.2, -0.15) is 5.10 Å². The van der Waals surface area contributed by atoms with Crippen LogP contribution in [-0.2, 0) is 0 Å². The first-order valence-electron chi connectivity index (χ1n) is 9.91. The van der Waals surface area contributed by atoms with E-state index in [2.05, 4.69) is 35.1 Å². The van der Waals surface area contributed by atoms with Gasteiger partial charge in [0.2, 0.25) is 0 Å². The third-order valence-electron chi connectivity index (χ3n) is 5.37. The minimum absolute atomic E-state index is 0.220. The summed E-state index contributed by atoms with van der Waals surface area (Å²) in [6.07, 6.45) is 8.23. The molecule has 0 aliphatic heterocycles. The van der Waals surface area contributed by atoms with Crippen LogP contribution in [0.15, 0.2) is 61.3 Å². The maximum absolute atomic E-state index is 15.7. The largest absolute Gasteiger partial charge is 0.336 e. The highest BCUT2D eigenvalue weighted by molar-refractivity contribution is 5.97. The Morgan fingerprint density at radius 1 is 0.844 bits per heavy atom. The minimum atomic E-state index is -0.481. The number of H-pyrrole nitrogens is 2. The summed E-state index contributed by atoms with van der Waals surface area (Å²) < 4.78 is 15.7. The van der Waals surface area contributed by atoms with Crippen molar-refractivity contribution in [1.82, 2.24) is 40.1 Å². The fourth-order valence-electron chi connectivity index (χ4n) is 3.78. The number of rotatable bonds is 3. The van der Waals surface area contributed by atoms with Gasteiger partial charge in [-0.15, -0.1) is 0 Å². The normalized spacial score (nSPS) is 11.4. The Kier molecular flexibility index (Phi) is 4.00. The second kappa shape index (κ2) is 7.02. The molecule has 32 heavy (non-hydrogen) atoms. The third kappa shape index (κ3) is 2.75. The second-order valence-electron chi connectivity index (χ2n) is 7.33. The van der Waals surface area contributed by atoms with Gasteiger partial charge in [-0.05, 0) is 36.8 Å². The van der Waals surface area contributed by atoms with E-state index in [1.807, 2.05) is 37.3 Å². The quantitative estimate of drug-likeness (QED) is 0.436. The van der Waals surface area contributed by atoms with Gasteiger partial charge in [0.15, 0.2) is 11.6 Å². The number of hydrogen-bond acceptors (Lipinski definition) is 6. The van der Waals surface area contributed by atoms with Gasteiger partial charge in [-0.3, -0.25) is 25.0 Å². The zero-order valence-electron chi connectivity index (χ0n) is 16.8. The van der Waals surface area contributed by atoms with Gasteiger partial charge in [0.1, 0.15) is 22.6 Å². The van der Waals surface area contributed by atoms with Crippen molar-refractivity contribution in [2.24, 2.45) is 0 Å². The Morgan fingerprint density at radius 2 is 1.78 bits per heavy atom. The molecule has 6 aromatic heterocycles. The standard InChI is InChI=1S/C23H15FN8/c1-12-5-8-25-10-13(12)19-18(24)17-16(11-28-19)31-32-22(17)23-29-15-6-9-27-20(21(15)30-23)14-4-2-3-7-26-14/h2-11H,1H3,(H,29,30)(H,31,32). The summed E-state index contributed by atoms with van der Waals surface area (Å²) >= 11 is 0. The minimum Gasteiger partial charge on any atom is -0.336 e. The maximum Gasteiger partial charge on any atom is 0.161 e. The molecule has 0 amide bonds. The fraction of sp³-hybridized carbons (Fsp3) is 0.0435. The van der Waals surface area contributed by atoms with Crippen molar-refractivity contribution in [3.63, 3.8) is 0 Å². The number of nitrogens with one attached hydrogen (secondary N) is 2. The van der Waals surface area contributed by atoms with Crippen molar-refractivity contribution in [3.8, 4) is 34.2 Å². The molecule has 0 spiro atoms. The van der Waals surface area contributed by atoms with Gasteiger partial charge in [-0.25, -0.2) is 9.37 Å². The van der Waals surface area contributed by atoms with E-state index in [0.717, 1.165) is 11.1 Å². The van der Waals surface area contributed by atoms with Crippen molar-refractivity contribution >= 4 is 21.9 Å². The van der Waals surface area contributed by atoms with Gasteiger partial charge >= 0.3 is 0 Å². The Labute approximate surface area is 180 Å². The molecule has 0 radical (unpaired) electrons. The van der Waals surface area contributed by atoms with Crippen LogP contribution < -0.4 is 0 Å². The van der Waals surface area contributed by atoms with Crippen molar-refractivity contribution in [2.75, 3.05) is 0 Å². The Morgan fingerprint density at radius 3 is 2.62 bits per heavy atom. The molecule has 6 rings (SSSR count). The van der Waals surface area contributed by atoms with Crippen molar-refractivity contribution in [2.45, 2.75) is 6.92 Å². The van der Waals surface area contributed by atoms with Gasteiger partial charge in [0.05, 0.1) is 28.3 Å². The summed E-state index contributed by atoms with van der Waals surface area (Å²) in [5.41, 5.74) is 5.30. The molecule has 0 unspecified atom stereocenters. The van der Waals surface area contributed by atoms with Crippen molar-refractivity contribution in [1.29, 1.82) is 0 Å². The molecule has 0 aliphatic rings. The lowest BCUT2D eigenvalue weighted by molar-refractivity contribution is 0.638. The lowest BCUT2D eigenvalue weighted by Crippen LogP contribution is -1.94. The topological polar surface area (TPSA) is 109 Å². The van der Waals surface area contributed by atoms with Crippen LogP contribution in [0.3, 0.4) is 0 Å². The van der Waals surface area contributed by atoms with Crippen LogP contribution in [0.1, 0.15) is 5.56 Å². The van der Waals surface area contributed by atoms with Crippen LogP contribution in [-0.4, -0.2) is 40.1 Å². The Balaban J connectivity index is 1.56. The van der Waals surface area contributed by atoms with E-state index in [4.69, 9.17) is 4.98 Å². The zero-order valence-corrected chi connectivity index (χ0v) is 16.8. The maximum atomic E-state index is 15.7. The molecule has 6 heterocycles. The summed E-state index contributed by atoms with van der Waals surface area (Å²) in [7, 11) is 0. The molecule has 0 aromatic carbocycles. The number of nitrogens with zero attached hydrogens (tertiary/aromatic N) is 6. The smallest absolute Gasteiger partial charge is 0.161 e. The third-order valence-corrected chi connectivity index (χ3v) is 5.37. The lowest BCUT2D eigenvalue weighted by Gasteiger charge is -2.06. The van der Waals surface area contributed by atoms with E-state index < -0.39 is 5.82 Å². The number of hydrogen-bond donors (Lipinski definition) is 2. The molecule has 0 bridgehead atoms. The zero-order chi connectivity index (χ0) is 21.7. The van der Waals surface area contributed by atoms with Gasteiger partial charge in [0, 0.05) is 30.4 Å². The number of halogens is 1. The lowest BCUT2D eigenvalue weighted by atomic mass is 10.1. The van der Waals surface area contributed by atoms with E-state index in [0.29, 0.717) is 44.9 Å². The molecule has 154 valence electrons. The summed E-state index contributed by atoms with van der Waals surface area (Å²) in [5, 5.41) is 7.50. The summed E-state index contributed by atoms with van der Waals surface area (Å²) in [6, 6.07) is 9.24. The first-order valence-corrected chi connectivity index (χ1v) is 9.91. The highest BCUT2D eigenvalue weighted by Gasteiger charge is 2.22. The Hall–Kier alpha value is -4.53. The Bertz CT molecular complexity index is 1600. The molecule has 9 heteroatoms. The molecule has 0 atom stereocenters. The van der Waals surface area contributed by atoms with Crippen LogP contribution >= 0.6 is 0 Å². The van der Waals surface area contributed by atoms with Crippen molar-refractivity contribution in [3.05, 3.63) is 72.7 Å². The van der Waals surface area contributed by atoms with Gasteiger partial charge in [-0.1, -0.05) is 6.07 Å². The molecule has 8 nitrogen and oxygen atoms in total. The highest BCUT2D eigenvalue weighted by atomic mass is 19.1. The van der Waals surface area contributed by atoms with E-state index in [1.165, 1.54) is 0 Å². The average Bonchev–Trinajstić information content (AvgIpc) is 3.45. The van der Waals surface area contributed by atoms with Crippen LogP contribution in [0.4, 0.5) is 4.39 Å². The number of aryl methyl sites for hydroxylation is 1.